The summed E-state index contributed by atoms with van der Waals surface area (Å²) in [6, 6.07) is 1.45. The van der Waals surface area contributed by atoms with Crippen LogP contribution in [0.3, 0.4) is 0 Å². The average Bonchev–Trinajstić information content (AvgIpc) is 3.31. The Morgan fingerprint density at radius 2 is 2.00 bits per heavy atom. The Labute approximate surface area is 180 Å². The molecule has 2 fully saturated rings. The molecule has 2 saturated heterocycles. The highest BCUT2D eigenvalue weighted by atomic mass is 32.2. The van der Waals surface area contributed by atoms with Crippen LogP contribution >= 0.6 is 23.1 Å². The number of nitrogens with one attached hydrogen (secondary N) is 2. The number of carbonyl (C=O) groups excluding carboxylic acids is 3. The highest BCUT2D eigenvalue weighted by Crippen LogP contribution is 2.47. The van der Waals surface area contributed by atoms with E-state index in [-0.39, 0.29) is 28.0 Å². The van der Waals surface area contributed by atoms with Gasteiger partial charge in [-0.2, -0.15) is 0 Å². The van der Waals surface area contributed by atoms with Gasteiger partial charge in [-0.05, 0) is 55.6 Å². The Balaban J connectivity index is 1.37. The lowest BCUT2D eigenvalue weighted by Crippen LogP contribution is -2.54. The first-order valence-electron chi connectivity index (χ1n) is 10.3. The van der Waals surface area contributed by atoms with Crippen molar-refractivity contribution in [2.75, 3.05) is 5.75 Å². The minimum absolute atomic E-state index is 0.0170. The van der Waals surface area contributed by atoms with Crippen molar-refractivity contribution < 1.29 is 14.4 Å². The zero-order chi connectivity index (χ0) is 21.0. The number of aryl methyl sites for hydroxylation is 1. The lowest BCUT2D eigenvalue weighted by molar-refractivity contribution is -0.138. The number of hydrazine groups is 1. The topological polar surface area (TPSA) is 78.5 Å². The van der Waals surface area contributed by atoms with E-state index in [1.807, 2.05) is 13.0 Å². The molecule has 0 bridgehead atoms. The third kappa shape index (κ3) is 3.81. The Hall–Kier alpha value is -1.54. The van der Waals surface area contributed by atoms with Crippen LogP contribution in [-0.2, 0) is 22.4 Å². The number of thiophene rings is 1. The molecule has 0 saturated carbocycles. The molecule has 0 radical (unpaired) electrons. The number of carbonyl (C=O) groups is 3. The zero-order valence-corrected chi connectivity index (χ0v) is 19.1. The molecule has 2 aliphatic heterocycles. The van der Waals surface area contributed by atoms with Gasteiger partial charge in [-0.25, -0.2) is 0 Å². The van der Waals surface area contributed by atoms with Gasteiger partial charge in [0.25, 0.3) is 11.8 Å². The Morgan fingerprint density at radius 1 is 1.24 bits per heavy atom. The van der Waals surface area contributed by atoms with E-state index in [0.29, 0.717) is 23.0 Å². The second-order valence-corrected chi connectivity index (χ2v) is 12.2. The normalized spacial score (nSPS) is 28.8. The molecule has 3 aliphatic rings. The van der Waals surface area contributed by atoms with Gasteiger partial charge in [0.15, 0.2) is 0 Å². The summed E-state index contributed by atoms with van der Waals surface area (Å²) in [5.74, 6) is 0.590. The van der Waals surface area contributed by atoms with E-state index >= 15 is 0 Å². The number of hydrogen-bond acceptors (Lipinski definition) is 5. The predicted molar refractivity (Wildman–Crippen MR) is 116 cm³/mol. The van der Waals surface area contributed by atoms with E-state index in [1.54, 1.807) is 16.7 Å². The van der Waals surface area contributed by atoms with Crippen LogP contribution in [0.1, 0.15) is 67.1 Å². The number of fused-ring (bicyclic) bond motifs is 2. The molecule has 4 rings (SSSR count). The van der Waals surface area contributed by atoms with Crippen molar-refractivity contribution in [1.82, 2.24) is 15.8 Å². The number of hydrogen-bond donors (Lipinski definition) is 2. The molecule has 3 heterocycles. The second-order valence-electron chi connectivity index (χ2n) is 9.57. The molecular formula is C21H29N3O3S2. The van der Waals surface area contributed by atoms with Crippen molar-refractivity contribution >= 4 is 40.8 Å². The summed E-state index contributed by atoms with van der Waals surface area (Å²) >= 11 is 3.16. The summed E-state index contributed by atoms with van der Waals surface area (Å²) in [5.41, 5.74) is 6.63. The van der Waals surface area contributed by atoms with E-state index in [4.69, 9.17) is 0 Å². The molecule has 1 aliphatic carbocycles. The van der Waals surface area contributed by atoms with Crippen molar-refractivity contribution in [3.8, 4) is 0 Å². The van der Waals surface area contributed by atoms with E-state index in [0.717, 1.165) is 25.7 Å². The molecule has 0 spiro atoms. The molecule has 29 heavy (non-hydrogen) atoms. The summed E-state index contributed by atoms with van der Waals surface area (Å²) in [6.45, 7) is 8.83. The van der Waals surface area contributed by atoms with Crippen LogP contribution in [-0.4, -0.2) is 39.3 Å². The quantitative estimate of drug-likeness (QED) is 0.700. The smallest absolute Gasteiger partial charge is 0.279 e. The van der Waals surface area contributed by atoms with Crippen LogP contribution in [0.2, 0.25) is 0 Å². The SMILES string of the molecule is CC(C)(C)[C@@H]1CCc2sc(C(=O)NNC(=O)[C@H]3CS[C@@]4(C)CCC(=O)N34)cc2C1. The summed E-state index contributed by atoms with van der Waals surface area (Å²) in [4.78, 5) is 40.8. The van der Waals surface area contributed by atoms with E-state index in [9.17, 15) is 14.4 Å². The predicted octanol–water partition coefficient (Wildman–Crippen LogP) is 3.11. The lowest BCUT2D eigenvalue weighted by Gasteiger charge is -2.33. The summed E-state index contributed by atoms with van der Waals surface area (Å²) in [7, 11) is 0. The Bertz CT molecular complexity index is 860. The number of amides is 3. The first kappa shape index (κ1) is 20.7. The largest absolute Gasteiger partial charge is 0.315 e. The van der Waals surface area contributed by atoms with Gasteiger partial charge < -0.3 is 4.90 Å². The second kappa shape index (κ2) is 7.30. The molecule has 3 amide bonds. The molecule has 1 aromatic rings. The molecule has 8 heteroatoms. The fourth-order valence-corrected chi connectivity index (χ4v) is 7.19. The van der Waals surface area contributed by atoms with Crippen molar-refractivity contribution in [1.29, 1.82) is 0 Å². The lowest BCUT2D eigenvalue weighted by atomic mass is 9.72. The minimum Gasteiger partial charge on any atom is -0.315 e. The molecule has 6 nitrogen and oxygen atoms in total. The van der Waals surface area contributed by atoms with Gasteiger partial charge in [0, 0.05) is 17.1 Å². The maximum absolute atomic E-state index is 12.6. The number of nitrogens with zero attached hydrogens (tertiary/aromatic N) is 1. The molecule has 2 N–H and O–H groups in total. The highest BCUT2D eigenvalue weighted by Gasteiger charge is 2.53. The first-order chi connectivity index (χ1) is 13.6. The number of thioether (sulfide) groups is 1. The summed E-state index contributed by atoms with van der Waals surface area (Å²) in [6.07, 6.45) is 4.41. The van der Waals surface area contributed by atoms with Crippen LogP contribution < -0.4 is 10.9 Å². The molecule has 1 aromatic heterocycles. The zero-order valence-electron chi connectivity index (χ0n) is 17.5. The van der Waals surface area contributed by atoms with E-state index in [2.05, 4.69) is 31.6 Å². The fraction of sp³-hybridized carbons (Fsp3) is 0.667. The van der Waals surface area contributed by atoms with Gasteiger partial charge in [-0.3, -0.25) is 25.2 Å². The van der Waals surface area contributed by atoms with Crippen LogP contribution in [0.5, 0.6) is 0 Å². The van der Waals surface area contributed by atoms with E-state index < -0.39 is 6.04 Å². The molecule has 158 valence electrons. The van der Waals surface area contributed by atoms with Crippen molar-refractivity contribution in [3.63, 3.8) is 0 Å². The van der Waals surface area contributed by atoms with E-state index in [1.165, 1.54) is 21.8 Å². The summed E-state index contributed by atoms with van der Waals surface area (Å²) in [5, 5.41) is 0. The molecular weight excluding hydrogens is 406 g/mol. The van der Waals surface area contributed by atoms with Gasteiger partial charge in [-0.15, -0.1) is 23.1 Å². The molecule has 0 unspecified atom stereocenters. The van der Waals surface area contributed by atoms with Crippen molar-refractivity contribution in [2.24, 2.45) is 11.3 Å². The maximum atomic E-state index is 12.6. The average molecular weight is 436 g/mol. The standard InChI is InChI=1S/C21H29N3O3S2/c1-20(2,3)13-5-6-15-12(9-13)10-16(29-15)19(27)23-22-18(26)14-11-28-21(4)8-7-17(25)24(14)21/h10,13-14H,5-9,11H2,1-4H3,(H,22,26)(H,23,27)/t13-,14-,21+/m1/s1. The fourth-order valence-electron chi connectivity index (χ4n) is 4.65. The first-order valence-corrected chi connectivity index (χ1v) is 12.1. The van der Waals surface area contributed by atoms with Gasteiger partial charge >= 0.3 is 0 Å². The van der Waals surface area contributed by atoms with Gasteiger partial charge in [0.1, 0.15) is 6.04 Å². The maximum Gasteiger partial charge on any atom is 0.279 e. The van der Waals surface area contributed by atoms with Crippen LogP contribution in [0.25, 0.3) is 0 Å². The van der Waals surface area contributed by atoms with Crippen LogP contribution in [0.4, 0.5) is 0 Å². The summed E-state index contributed by atoms with van der Waals surface area (Å²) < 4.78 is 0. The van der Waals surface area contributed by atoms with Crippen molar-refractivity contribution in [3.05, 3.63) is 21.4 Å². The molecule has 3 atom stereocenters. The third-order valence-electron chi connectivity index (χ3n) is 6.58. The highest BCUT2D eigenvalue weighted by molar-refractivity contribution is 8.01. The monoisotopic (exact) mass is 435 g/mol. The van der Waals surface area contributed by atoms with Gasteiger partial charge in [0.05, 0.1) is 9.75 Å². The Morgan fingerprint density at radius 3 is 2.72 bits per heavy atom. The van der Waals surface area contributed by atoms with Gasteiger partial charge in [0.2, 0.25) is 5.91 Å². The minimum atomic E-state index is -0.524. The van der Waals surface area contributed by atoms with Crippen LogP contribution in [0, 0.1) is 11.3 Å². The van der Waals surface area contributed by atoms with Gasteiger partial charge in [-0.1, -0.05) is 20.8 Å². The number of rotatable bonds is 2. The Kier molecular flexibility index (Phi) is 5.22. The van der Waals surface area contributed by atoms with Crippen molar-refractivity contribution in [2.45, 2.75) is 70.7 Å². The molecule has 0 aromatic carbocycles. The third-order valence-corrected chi connectivity index (χ3v) is 9.32. The van der Waals surface area contributed by atoms with Crippen LogP contribution in [0.15, 0.2) is 6.07 Å².